The minimum Gasteiger partial charge on any atom is -0.362 e. The van der Waals surface area contributed by atoms with Crippen LogP contribution in [0.25, 0.3) is 22.0 Å². The number of allylic oxidation sites excluding steroid dienone is 7. The Hall–Kier alpha value is -4.39. The molecule has 2 saturated carbocycles. The third kappa shape index (κ3) is 6.36. The van der Waals surface area contributed by atoms with Crippen molar-refractivity contribution in [1.29, 1.82) is 0 Å². The van der Waals surface area contributed by atoms with Gasteiger partial charge in [-0.3, -0.25) is 9.59 Å². The van der Waals surface area contributed by atoms with Crippen molar-refractivity contribution < 1.29 is 14.0 Å². The lowest BCUT2D eigenvalue weighted by Gasteiger charge is -2.30. The number of nitrogens with one attached hydrogen (secondary N) is 1. The van der Waals surface area contributed by atoms with E-state index in [0.717, 1.165) is 94.5 Å². The lowest BCUT2D eigenvalue weighted by atomic mass is 9.80. The van der Waals surface area contributed by atoms with Crippen LogP contribution < -0.4 is 10.2 Å². The number of para-hydroxylation sites is 1. The van der Waals surface area contributed by atoms with Gasteiger partial charge in [0.25, 0.3) is 0 Å². The molecule has 7 rings (SSSR count). The van der Waals surface area contributed by atoms with Gasteiger partial charge >= 0.3 is 0 Å². The largest absolute Gasteiger partial charge is 0.362 e. The Morgan fingerprint density at radius 1 is 1.00 bits per heavy atom. The van der Waals surface area contributed by atoms with Gasteiger partial charge in [-0.05, 0) is 128 Å². The van der Waals surface area contributed by atoms with Gasteiger partial charge in [0.15, 0.2) is 0 Å². The highest BCUT2D eigenvalue weighted by atomic mass is 19.1. The molecule has 2 aromatic carbocycles. The molecule has 3 aromatic rings. The summed E-state index contributed by atoms with van der Waals surface area (Å²) in [5, 5.41) is 4.43. The first kappa shape index (κ1) is 34.1. The number of carbonyl (C=O) groups is 2. The Morgan fingerprint density at radius 3 is 2.46 bits per heavy atom. The van der Waals surface area contributed by atoms with Crippen molar-refractivity contribution >= 4 is 39.6 Å². The molecule has 260 valence electrons. The summed E-state index contributed by atoms with van der Waals surface area (Å²) in [6, 6.07) is 13.3. The van der Waals surface area contributed by atoms with Crippen LogP contribution in [0.2, 0.25) is 0 Å². The molecule has 6 nitrogen and oxygen atoms in total. The molecular formula is C43H49FN4O2. The lowest BCUT2D eigenvalue weighted by Crippen LogP contribution is -2.38. The maximum atomic E-state index is 14.5. The molecule has 7 heteroatoms. The van der Waals surface area contributed by atoms with E-state index < -0.39 is 0 Å². The highest BCUT2D eigenvalue weighted by Gasteiger charge is 2.64. The second kappa shape index (κ2) is 13.4. The van der Waals surface area contributed by atoms with Gasteiger partial charge in [0.05, 0.1) is 11.9 Å². The number of carbonyl (C=O) groups excluding carboxylic acids is 2. The first-order valence-electron chi connectivity index (χ1n) is 18.3. The van der Waals surface area contributed by atoms with Crippen molar-refractivity contribution in [3.63, 3.8) is 0 Å². The van der Waals surface area contributed by atoms with Gasteiger partial charge in [-0.15, -0.1) is 0 Å². The van der Waals surface area contributed by atoms with Crippen molar-refractivity contribution in [2.24, 2.45) is 17.8 Å². The smallest absolute Gasteiger partial charge is 0.224 e. The molecule has 4 aliphatic rings. The summed E-state index contributed by atoms with van der Waals surface area (Å²) in [4.78, 5) is 37.4. The van der Waals surface area contributed by atoms with Crippen molar-refractivity contribution in [2.75, 3.05) is 19.0 Å². The molecule has 4 aliphatic carbocycles. The highest BCUT2D eigenvalue weighted by molar-refractivity contribution is 6.04. The summed E-state index contributed by atoms with van der Waals surface area (Å²) in [6.45, 7) is 8.36. The van der Waals surface area contributed by atoms with Gasteiger partial charge in [0.1, 0.15) is 23.2 Å². The van der Waals surface area contributed by atoms with Crippen LogP contribution in [0.3, 0.4) is 0 Å². The Labute approximate surface area is 295 Å². The van der Waals surface area contributed by atoms with Crippen LogP contribution >= 0.6 is 0 Å². The van der Waals surface area contributed by atoms with Crippen LogP contribution in [0, 0.1) is 23.6 Å². The molecule has 3 unspecified atom stereocenters. The second-order valence-electron chi connectivity index (χ2n) is 15.5. The zero-order chi connectivity index (χ0) is 35.3. The number of hydrogen-bond acceptors (Lipinski definition) is 5. The zero-order valence-electron chi connectivity index (χ0n) is 30.3. The summed E-state index contributed by atoms with van der Waals surface area (Å²) in [5.74, 6) is 3.40. The number of benzene rings is 2. The third-order valence-electron chi connectivity index (χ3n) is 12.1. The Balaban J connectivity index is 1.01. The molecule has 1 N–H and O–H groups in total. The minimum absolute atomic E-state index is 0.00152. The molecule has 50 heavy (non-hydrogen) atoms. The molecule has 3 atom stereocenters. The predicted octanol–water partition coefficient (Wildman–Crippen LogP) is 8.92. The van der Waals surface area contributed by atoms with Gasteiger partial charge in [-0.25, -0.2) is 14.4 Å². The number of aromatic nitrogens is 2. The van der Waals surface area contributed by atoms with Gasteiger partial charge < -0.3 is 10.2 Å². The first-order valence-corrected chi connectivity index (χ1v) is 18.3. The van der Waals surface area contributed by atoms with Crippen molar-refractivity contribution in [3.8, 4) is 0 Å². The van der Waals surface area contributed by atoms with Crippen molar-refractivity contribution in [2.45, 2.75) is 90.5 Å². The Morgan fingerprint density at radius 2 is 1.76 bits per heavy atom. The van der Waals surface area contributed by atoms with Gasteiger partial charge in [-0.1, -0.05) is 55.8 Å². The first-order chi connectivity index (χ1) is 23.9. The molecule has 0 aliphatic heterocycles. The Kier molecular flexibility index (Phi) is 9.12. The molecule has 1 amide bonds. The number of halogens is 1. The summed E-state index contributed by atoms with van der Waals surface area (Å²) in [6.07, 6.45) is 12.8. The van der Waals surface area contributed by atoms with E-state index in [1.165, 1.54) is 11.6 Å². The van der Waals surface area contributed by atoms with Crippen LogP contribution in [0.15, 0.2) is 77.4 Å². The average Bonchev–Trinajstić information content (AvgIpc) is 3.56. The average molecular weight is 673 g/mol. The van der Waals surface area contributed by atoms with Crippen molar-refractivity contribution in [3.05, 3.63) is 100 Å². The van der Waals surface area contributed by atoms with E-state index >= 15 is 0 Å². The fourth-order valence-electron chi connectivity index (χ4n) is 9.17. The molecule has 2 fully saturated rings. The number of anilines is 1. The SMILES string of the molecule is CC(=O)CC1=CC=C(/C=C2\C(C)=C(CC(=O)NC3CCC(C4C(C)C4(C)c4nc(N(C)C)c5ccccc5n4)CC3)c3cc(F)ccc32)CC1. The Bertz CT molecular complexity index is 2000. The highest BCUT2D eigenvalue weighted by Crippen LogP contribution is 2.64. The van der Waals surface area contributed by atoms with Gasteiger partial charge in [-0.2, -0.15) is 0 Å². The fourth-order valence-corrected chi connectivity index (χ4v) is 9.17. The monoisotopic (exact) mass is 672 g/mol. The van der Waals surface area contributed by atoms with Crippen LogP contribution in [0.4, 0.5) is 10.2 Å². The number of rotatable bonds is 9. The molecule has 0 radical (unpaired) electrons. The van der Waals surface area contributed by atoms with E-state index in [-0.39, 0.29) is 35.4 Å². The number of nitrogens with zero attached hydrogens (tertiary/aromatic N) is 3. The number of Topliss-reactive ketones (excluding diaryl/α,β-unsaturated/α-hetero) is 1. The van der Waals surface area contributed by atoms with E-state index in [9.17, 15) is 14.0 Å². The third-order valence-corrected chi connectivity index (χ3v) is 12.1. The lowest BCUT2D eigenvalue weighted by molar-refractivity contribution is -0.121. The maximum absolute atomic E-state index is 14.5. The summed E-state index contributed by atoms with van der Waals surface area (Å²) in [7, 11) is 4.09. The van der Waals surface area contributed by atoms with E-state index in [2.05, 4.69) is 54.4 Å². The fraction of sp³-hybridized carbons (Fsp3) is 0.442. The van der Waals surface area contributed by atoms with Crippen LogP contribution in [-0.2, 0) is 15.0 Å². The maximum Gasteiger partial charge on any atom is 0.224 e. The predicted molar refractivity (Wildman–Crippen MR) is 200 cm³/mol. The van der Waals surface area contributed by atoms with Crippen LogP contribution in [-0.4, -0.2) is 41.8 Å². The van der Waals surface area contributed by atoms with E-state index in [1.54, 1.807) is 13.0 Å². The quantitative estimate of drug-likeness (QED) is 0.246. The normalized spacial score (nSPS) is 26.8. The molecule has 1 aromatic heterocycles. The van der Waals surface area contributed by atoms with Gasteiger partial charge in [0, 0.05) is 37.4 Å². The van der Waals surface area contributed by atoms with E-state index in [4.69, 9.17) is 9.97 Å². The number of ketones is 1. The van der Waals surface area contributed by atoms with Crippen LogP contribution in [0.1, 0.15) is 96.0 Å². The molecule has 0 saturated heterocycles. The summed E-state index contributed by atoms with van der Waals surface area (Å²) in [5.41, 5.74) is 8.03. The molecule has 0 bridgehead atoms. The minimum atomic E-state index is -0.295. The van der Waals surface area contributed by atoms with Gasteiger partial charge in [0.2, 0.25) is 5.91 Å². The van der Waals surface area contributed by atoms with Crippen LogP contribution in [0.5, 0.6) is 0 Å². The number of amides is 1. The van der Waals surface area contributed by atoms with E-state index in [0.29, 0.717) is 24.2 Å². The summed E-state index contributed by atoms with van der Waals surface area (Å²) >= 11 is 0. The standard InChI is InChI=1S/C43H49FN4O2/c1-25(49)21-28-11-13-29(14-12-28)22-35-26(2)36(37-23-31(44)17-20-33(35)37)24-39(50)45-32-18-15-30(16-19-32)40-27(3)43(40,4)42-46-38-10-8-7-9-34(38)41(47-42)48(5)6/h7-11,13,17,20,22-23,27,30,32,40H,12,14-16,18-19,21,24H2,1-6H3,(H,45,50)/b35-22+. The van der Waals surface area contributed by atoms with Crippen molar-refractivity contribution in [1.82, 2.24) is 15.3 Å². The molecular weight excluding hydrogens is 623 g/mol. The molecule has 1 heterocycles. The zero-order valence-corrected chi connectivity index (χ0v) is 30.3. The topological polar surface area (TPSA) is 75.2 Å². The summed E-state index contributed by atoms with van der Waals surface area (Å²) < 4.78 is 14.5. The second-order valence-corrected chi connectivity index (χ2v) is 15.5. The molecule has 0 spiro atoms. The number of fused-ring (bicyclic) bond motifs is 2. The number of hydrogen-bond donors (Lipinski definition) is 1. The van der Waals surface area contributed by atoms with E-state index in [1.807, 2.05) is 39.2 Å².